The molecule has 20 heavy (non-hydrogen) atoms. The minimum Gasteiger partial charge on any atom is -0.480 e. The van der Waals surface area contributed by atoms with Gasteiger partial charge in [0.25, 0.3) is 0 Å². The number of carbonyl (C=O) groups is 2. The van der Waals surface area contributed by atoms with Crippen molar-refractivity contribution in [3.05, 3.63) is 12.2 Å². The van der Waals surface area contributed by atoms with Crippen LogP contribution in [0, 0.1) is 0 Å². The molecule has 1 aromatic heterocycles. The molecule has 0 bridgehead atoms. The van der Waals surface area contributed by atoms with Crippen molar-refractivity contribution in [1.82, 2.24) is 25.0 Å². The third-order valence-electron chi connectivity index (χ3n) is 3.04. The van der Waals surface area contributed by atoms with Gasteiger partial charge in [0.1, 0.15) is 24.4 Å². The summed E-state index contributed by atoms with van der Waals surface area (Å²) in [5, 5.41) is 15.0. The van der Waals surface area contributed by atoms with Crippen molar-refractivity contribution in [3.63, 3.8) is 0 Å². The number of hydrogen-bond acceptors (Lipinski definition) is 5. The summed E-state index contributed by atoms with van der Waals surface area (Å²) in [6.45, 7) is 2.52. The lowest BCUT2D eigenvalue weighted by atomic mass is 9.97. The molecule has 1 aromatic rings. The van der Waals surface area contributed by atoms with Crippen LogP contribution in [0.4, 0.5) is 4.79 Å². The SMILES string of the molecule is CN(Cc1ncn[nH]1)C(=O)N1CC(C)(OCC(=O)O)C1. The molecule has 0 radical (unpaired) electrons. The van der Waals surface area contributed by atoms with Crippen LogP contribution in [-0.2, 0) is 16.1 Å². The minimum absolute atomic E-state index is 0.155. The van der Waals surface area contributed by atoms with E-state index in [9.17, 15) is 9.59 Å². The van der Waals surface area contributed by atoms with Crippen LogP contribution < -0.4 is 0 Å². The fourth-order valence-electron chi connectivity index (χ4n) is 2.06. The first-order valence-electron chi connectivity index (χ1n) is 6.10. The van der Waals surface area contributed by atoms with E-state index in [1.807, 2.05) is 0 Å². The van der Waals surface area contributed by atoms with Crippen LogP contribution in [0.15, 0.2) is 6.33 Å². The van der Waals surface area contributed by atoms with E-state index in [2.05, 4.69) is 15.2 Å². The van der Waals surface area contributed by atoms with Crippen LogP contribution in [0.1, 0.15) is 12.7 Å². The first-order valence-corrected chi connectivity index (χ1v) is 6.10. The van der Waals surface area contributed by atoms with Crippen LogP contribution in [0.5, 0.6) is 0 Å². The first-order chi connectivity index (χ1) is 9.39. The molecule has 0 unspecified atom stereocenters. The lowest BCUT2D eigenvalue weighted by molar-refractivity contribution is -0.160. The minimum atomic E-state index is -1.02. The van der Waals surface area contributed by atoms with Crippen molar-refractivity contribution in [2.75, 3.05) is 26.7 Å². The molecule has 2 heterocycles. The van der Waals surface area contributed by atoms with Gasteiger partial charge in [0, 0.05) is 7.05 Å². The maximum atomic E-state index is 12.1. The zero-order valence-corrected chi connectivity index (χ0v) is 11.4. The number of aliphatic carboxylic acids is 1. The van der Waals surface area contributed by atoms with E-state index >= 15 is 0 Å². The molecular weight excluding hydrogens is 266 g/mol. The number of carbonyl (C=O) groups excluding carboxylic acids is 1. The topological polar surface area (TPSA) is 112 Å². The Morgan fingerprint density at radius 2 is 2.30 bits per heavy atom. The smallest absolute Gasteiger partial charge is 0.329 e. The van der Waals surface area contributed by atoms with Crippen LogP contribution in [0.25, 0.3) is 0 Å². The van der Waals surface area contributed by atoms with E-state index in [0.717, 1.165) is 0 Å². The number of H-pyrrole nitrogens is 1. The monoisotopic (exact) mass is 283 g/mol. The Morgan fingerprint density at radius 1 is 1.60 bits per heavy atom. The molecule has 2 amide bonds. The largest absolute Gasteiger partial charge is 0.480 e. The molecule has 1 saturated heterocycles. The number of likely N-dealkylation sites (tertiary alicyclic amines) is 1. The summed E-state index contributed by atoms with van der Waals surface area (Å²) in [7, 11) is 1.67. The van der Waals surface area contributed by atoms with E-state index in [1.54, 1.807) is 18.9 Å². The predicted molar refractivity (Wildman–Crippen MR) is 66.8 cm³/mol. The van der Waals surface area contributed by atoms with E-state index in [1.165, 1.54) is 11.2 Å². The van der Waals surface area contributed by atoms with Crippen molar-refractivity contribution in [2.24, 2.45) is 0 Å². The van der Waals surface area contributed by atoms with Gasteiger partial charge in [0.2, 0.25) is 0 Å². The van der Waals surface area contributed by atoms with E-state index in [0.29, 0.717) is 25.5 Å². The maximum Gasteiger partial charge on any atom is 0.329 e. The van der Waals surface area contributed by atoms with Gasteiger partial charge in [-0.25, -0.2) is 14.6 Å². The van der Waals surface area contributed by atoms with Crippen molar-refractivity contribution in [2.45, 2.75) is 19.1 Å². The molecule has 2 rings (SSSR count). The van der Waals surface area contributed by atoms with Crippen LogP contribution in [0.3, 0.4) is 0 Å². The maximum absolute atomic E-state index is 12.1. The number of rotatable bonds is 5. The molecule has 1 aliphatic heterocycles. The van der Waals surface area contributed by atoms with Crippen LogP contribution in [-0.4, -0.2) is 74.4 Å². The molecule has 9 heteroatoms. The van der Waals surface area contributed by atoms with Crippen molar-refractivity contribution < 1.29 is 19.4 Å². The predicted octanol–water partition coefficient (Wildman–Crippen LogP) is -0.468. The Morgan fingerprint density at radius 3 is 2.85 bits per heavy atom. The molecule has 1 fully saturated rings. The summed E-state index contributed by atoms with van der Waals surface area (Å²) >= 11 is 0. The van der Waals surface area contributed by atoms with Crippen LogP contribution in [0.2, 0.25) is 0 Å². The molecule has 1 aliphatic rings. The van der Waals surface area contributed by atoms with Gasteiger partial charge in [0.15, 0.2) is 0 Å². The van der Waals surface area contributed by atoms with Gasteiger partial charge < -0.3 is 19.6 Å². The third kappa shape index (κ3) is 3.23. The number of nitrogens with one attached hydrogen (secondary N) is 1. The Bertz CT molecular complexity index is 483. The molecule has 0 aliphatic carbocycles. The van der Waals surface area contributed by atoms with Gasteiger partial charge in [-0.05, 0) is 6.92 Å². The summed E-state index contributed by atoms with van der Waals surface area (Å²) in [5.41, 5.74) is -0.582. The van der Waals surface area contributed by atoms with Gasteiger partial charge in [-0.3, -0.25) is 5.10 Å². The molecule has 0 spiro atoms. The average molecular weight is 283 g/mol. The number of carboxylic acid groups (broad SMARTS) is 1. The number of aromatic amines is 1. The second kappa shape index (κ2) is 5.45. The Balaban J connectivity index is 1.79. The van der Waals surface area contributed by atoms with Crippen LogP contribution >= 0.6 is 0 Å². The molecular formula is C11H17N5O4. The van der Waals surface area contributed by atoms with Gasteiger partial charge in [0.05, 0.1) is 19.6 Å². The second-order valence-corrected chi connectivity index (χ2v) is 5.06. The number of nitrogens with zero attached hydrogens (tertiary/aromatic N) is 4. The zero-order chi connectivity index (χ0) is 14.8. The van der Waals surface area contributed by atoms with E-state index < -0.39 is 11.6 Å². The zero-order valence-electron chi connectivity index (χ0n) is 11.4. The van der Waals surface area contributed by atoms with Crippen molar-refractivity contribution in [1.29, 1.82) is 0 Å². The molecule has 0 atom stereocenters. The fraction of sp³-hybridized carbons (Fsp3) is 0.636. The quantitative estimate of drug-likeness (QED) is 0.755. The summed E-state index contributed by atoms with van der Waals surface area (Å²) in [6, 6.07) is -0.155. The molecule has 110 valence electrons. The van der Waals surface area contributed by atoms with E-state index in [-0.39, 0.29) is 12.6 Å². The van der Waals surface area contributed by atoms with Crippen molar-refractivity contribution >= 4 is 12.0 Å². The summed E-state index contributed by atoms with van der Waals surface area (Å²) < 4.78 is 5.25. The Hall–Kier alpha value is -2.16. The number of aromatic nitrogens is 3. The number of urea groups is 1. The van der Waals surface area contributed by atoms with E-state index in [4.69, 9.17) is 9.84 Å². The molecule has 0 aromatic carbocycles. The van der Waals surface area contributed by atoms with Gasteiger partial charge in [-0.2, -0.15) is 5.10 Å². The molecule has 9 nitrogen and oxygen atoms in total. The second-order valence-electron chi connectivity index (χ2n) is 5.06. The average Bonchev–Trinajstić information content (AvgIpc) is 2.84. The first kappa shape index (κ1) is 14.3. The fourth-order valence-corrected chi connectivity index (χ4v) is 2.06. The Labute approximate surface area is 115 Å². The lowest BCUT2D eigenvalue weighted by Crippen LogP contribution is -2.65. The summed E-state index contributed by atoms with van der Waals surface area (Å²) in [5.74, 6) is -0.412. The third-order valence-corrected chi connectivity index (χ3v) is 3.04. The highest BCUT2D eigenvalue weighted by molar-refractivity contribution is 5.75. The normalized spacial score (nSPS) is 16.6. The summed E-state index contributed by atoms with van der Waals surface area (Å²) in [6.07, 6.45) is 1.38. The summed E-state index contributed by atoms with van der Waals surface area (Å²) in [4.78, 5) is 29.6. The van der Waals surface area contributed by atoms with Gasteiger partial charge in [-0.1, -0.05) is 0 Å². The lowest BCUT2D eigenvalue weighted by Gasteiger charge is -2.48. The highest BCUT2D eigenvalue weighted by Crippen LogP contribution is 2.25. The number of ether oxygens (including phenoxy) is 1. The highest BCUT2D eigenvalue weighted by Gasteiger charge is 2.43. The highest BCUT2D eigenvalue weighted by atomic mass is 16.5. The van der Waals surface area contributed by atoms with Gasteiger partial charge >= 0.3 is 12.0 Å². The molecule has 0 saturated carbocycles. The molecule has 2 N–H and O–H groups in total. The Kier molecular flexibility index (Phi) is 3.89. The van der Waals surface area contributed by atoms with Crippen molar-refractivity contribution in [3.8, 4) is 0 Å². The number of carboxylic acids is 1. The van der Waals surface area contributed by atoms with Gasteiger partial charge in [-0.15, -0.1) is 0 Å². The number of amides is 2. The standard InChI is InChI=1S/C11H17N5O4/c1-11(20-4-9(17)18)5-16(6-11)10(19)15(2)3-8-12-7-13-14-8/h7H,3-6H2,1-2H3,(H,17,18)(H,12,13,14). The number of hydrogen-bond donors (Lipinski definition) is 2.